The highest BCUT2D eigenvalue weighted by Crippen LogP contribution is 2.27. The number of ether oxygens (including phenoxy) is 2. The molecule has 0 aliphatic carbocycles. The summed E-state index contributed by atoms with van der Waals surface area (Å²) < 4.78 is 10.7. The summed E-state index contributed by atoms with van der Waals surface area (Å²) in [7, 11) is 0. The molecule has 2 atom stereocenters. The van der Waals surface area contributed by atoms with Crippen LogP contribution >= 0.6 is 0 Å². The smallest absolute Gasteiger partial charge is 0.341 e. The minimum Gasteiger partial charge on any atom is -0.493 e. The number of amides is 3. The Bertz CT molecular complexity index is 1140. The van der Waals surface area contributed by atoms with Crippen molar-refractivity contribution in [2.24, 2.45) is 5.92 Å². The molecule has 3 N–H and O–H groups in total. The first-order chi connectivity index (χ1) is 19.3. The molecule has 2 aromatic rings. The maximum absolute atomic E-state index is 12.9. The molecule has 40 heavy (non-hydrogen) atoms. The number of hydrogen-bond donors (Lipinski definition) is 3. The highest BCUT2D eigenvalue weighted by molar-refractivity contribution is 5.94. The number of nitrogens with one attached hydrogen (secondary N) is 2. The Labute approximate surface area is 234 Å². The van der Waals surface area contributed by atoms with Gasteiger partial charge in [-0.2, -0.15) is 0 Å². The van der Waals surface area contributed by atoms with Gasteiger partial charge in [-0.1, -0.05) is 39.2 Å². The van der Waals surface area contributed by atoms with Crippen molar-refractivity contribution in [2.45, 2.75) is 65.8 Å². The number of benzene rings is 1. The van der Waals surface area contributed by atoms with E-state index < -0.39 is 23.8 Å². The van der Waals surface area contributed by atoms with E-state index in [1.165, 1.54) is 12.4 Å². The Morgan fingerprint density at radius 3 is 2.50 bits per heavy atom. The normalized spacial score (nSPS) is 12.1. The summed E-state index contributed by atoms with van der Waals surface area (Å²) in [5.74, 6) is -1.76. The van der Waals surface area contributed by atoms with E-state index in [0.717, 1.165) is 19.3 Å². The fourth-order valence-corrected chi connectivity index (χ4v) is 4.23. The quantitative estimate of drug-likeness (QED) is 0.0662. The summed E-state index contributed by atoms with van der Waals surface area (Å²) in [6.07, 6.45) is 6.58. The lowest BCUT2D eigenvalue weighted by Crippen LogP contribution is -2.47. The summed E-state index contributed by atoms with van der Waals surface area (Å²) in [4.78, 5) is 57.6. The number of hydrogen-bond acceptors (Lipinski definition) is 9. The number of unbranched alkanes of at least 4 members (excludes halogenated alkanes) is 2. The summed E-state index contributed by atoms with van der Waals surface area (Å²) in [5.41, 5.74) is 1.26. The first-order valence-electron chi connectivity index (χ1n) is 13.6. The number of aromatic nitrogens is 2. The zero-order valence-electron chi connectivity index (χ0n) is 23.5. The predicted octanol–water partition coefficient (Wildman–Crippen LogP) is 3.35. The van der Waals surface area contributed by atoms with Gasteiger partial charge < -0.3 is 20.1 Å². The van der Waals surface area contributed by atoms with Gasteiger partial charge in [0, 0.05) is 5.56 Å². The van der Waals surface area contributed by atoms with Gasteiger partial charge in [0.25, 0.3) is 5.91 Å². The van der Waals surface area contributed by atoms with Crippen LogP contribution in [-0.4, -0.2) is 70.4 Å². The Balaban J connectivity index is 2.11. The van der Waals surface area contributed by atoms with Gasteiger partial charge in [-0.05, 0) is 38.8 Å². The van der Waals surface area contributed by atoms with Gasteiger partial charge in [0.1, 0.15) is 17.0 Å². The summed E-state index contributed by atoms with van der Waals surface area (Å²) in [6.45, 7) is 7.72. The Hall–Kier alpha value is -4.06. The van der Waals surface area contributed by atoms with Crippen LogP contribution in [-0.2, 0) is 14.3 Å². The van der Waals surface area contributed by atoms with E-state index in [1.54, 1.807) is 39.0 Å². The fraction of sp³-hybridized carbons (Fsp3) is 0.500. The lowest BCUT2D eigenvalue weighted by molar-refractivity contribution is -0.168. The molecule has 3 amide bonds. The number of carbonyl (C=O) groups is 4. The monoisotopic (exact) mass is 557 g/mol. The van der Waals surface area contributed by atoms with Crippen LogP contribution in [0.3, 0.4) is 0 Å². The molecule has 0 aliphatic heterocycles. The number of esters is 1. The molecular formula is C28H39N5O7. The van der Waals surface area contributed by atoms with E-state index in [9.17, 15) is 24.4 Å². The third-order valence-corrected chi connectivity index (χ3v) is 6.24. The molecule has 0 fully saturated rings. The van der Waals surface area contributed by atoms with Crippen molar-refractivity contribution in [3.05, 3.63) is 41.9 Å². The molecule has 0 unspecified atom stereocenters. The van der Waals surface area contributed by atoms with Crippen LogP contribution in [0, 0.1) is 5.92 Å². The second-order valence-electron chi connectivity index (χ2n) is 8.94. The molecule has 218 valence electrons. The van der Waals surface area contributed by atoms with Crippen LogP contribution in [0.4, 0.5) is 0 Å². The van der Waals surface area contributed by atoms with E-state index in [1.807, 2.05) is 6.92 Å². The molecule has 1 heterocycles. The largest absolute Gasteiger partial charge is 0.493 e. The molecule has 1 aromatic carbocycles. The molecule has 0 spiro atoms. The van der Waals surface area contributed by atoms with Crippen molar-refractivity contribution < 1.29 is 33.9 Å². The van der Waals surface area contributed by atoms with Gasteiger partial charge >= 0.3 is 5.97 Å². The van der Waals surface area contributed by atoms with Crippen molar-refractivity contribution in [2.75, 3.05) is 19.9 Å². The van der Waals surface area contributed by atoms with Crippen LogP contribution in [0.1, 0.15) is 80.6 Å². The summed E-state index contributed by atoms with van der Waals surface area (Å²) >= 11 is 0. The standard InChI is InChI=1S/C28H39N5O7/c1-5-9-10-11-20(24(6-2)33(38)18-34)26(35)30-17-31-27(36)23-16-29-15-22(32-23)19-12-13-21(28(37)40-8-4)25(14-19)39-7-3/h12-16,18,20,24,38H,5-11,17H2,1-4H3,(H,30,35)(H,31,36)/t20-,24-/m1/s1. The van der Waals surface area contributed by atoms with Crippen LogP contribution in [0.25, 0.3) is 11.3 Å². The predicted molar refractivity (Wildman–Crippen MR) is 146 cm³/mol. The summed E-state index contributed by atoms with van der Waals surface area (Å²) in [5, 5.41) is 15.8. The second kappa shape index (κ2) is 16.8. The van der Waals surface area contributed by atoms with Gasteiger partial charge in [0.05, 0.1) is 49.9 Å². The lowest BCUT2D eigenvalue weighted by Gasteiger charge is -2.29. The SMILES string of the molecule is CCCCC[C@@H](C(=O)NCNC(=O)c1cncc(-c2ccc(C(=O)OCC)c(OCC)c2)n1)[C@@H](CC)N(O)C=O. The molecule has 12 heteroatoms. The topological polar surface area (TPSA) is 160 Å². The van der Waals surface area contributed by atoms with Gasteiger partial charge in [0.15, 0.2) is 0 Å². The third kappa shape index (κ3) is 9.01. The van der Waals surface area contributed by atoms with Gasteiger partial charge in [-0.15, -0.1) is 0 Å². The molecule has 0 aliphatic rings. The van der Waals surface area contributed by atoms with Crippen molar-refractivity contribution in [3.63, 3.8) is 0 Å². The third-order valence-electron chi connectivity index (χ3n) is 6.24. The van der Waals surface area contributed by atoms with Gasteiger partial charge in [0.2, 0.25) is 12.3 Å². The van der Waals surface area contributed by atoms with E-state index in [4.69, 9.17) is 9.47 Å². The average molecular weight is 558 g/mol. The van der Waals surface area contributed by atoms with Crippen LogP contribution in [0.15, 0.2) is 30.6 Å². The molecule has 2 rings (SSSR count). The minimum absolute atomic E-state index is 0.0209. The lowest BCUT2D eigenvalue weighted by atomic mass is 9.90. The number of rotatable bonds is 17. The number of hydroxylamine groups is 2. The summed E-state index contributed by atoms with van der Waals surface area (Å²) in [6, 6.07) is 4.19. The molecule has 0 saturated carbocycles. The zero-order chi connectivity index (χ0) is 29.5. The first-order valence-corrected chi connectivity index (χ1v) is 13.6. The van der Waals surface area contributed by atoms with Crippen molar-refractivity contribution in [3.8, 4) is 17.0 Å². The average Bonchev–Trinajstić information content (AvgIpc) is 2.96. The second-order valence-corrected chi connectivity index (χ2v) is 8.94. The van der Waals surface area contributed by atoms with Crippen molar-refractivity contribution >= 4 is 24.2 Å². The van der Waals surface area contributed by atoms with Crippen molar-refractivity contribution in [1.29, 1.82) is 0 Å². The van der Waals surface area contributed by atoms with E-state index in [-0.39, 0.29) is 30.4 Å². The van der Waals surface area contributed by atoms with Crippen LogP contribution in [0.5, 0.6) is 5.75 Å². The number of carbonyl (C=O) groups excluding carboxylic acids is 4. The van der Waals surface area contributed by atoms with E-state index >= 15 is 0 Å². The maximum Gasteiger partial charge on any atom is 0.341 e. The molecule has 0 radical (unpaired) electrons. The highest BCUT2D eigenvalue weighted by atomic mass is 16.5. The molecule has 12 nitrogen and oxygen atoms in total. The minimum atomic E-state index is -0.676. The first kappa shape index (κ1) is 32.2. The van der Waals surface area contributed by atoms with Crippen LogP contribution in [0.2, 0.25) is 0 Å². The molecule has 0 bridgehead atoms. The van der Waals surface area contributed by atoms with E-state index in [0.29, 0.717) is 47.9 Å². The van der Waals surface area contributed by atoms with Gasteiger partial charge in [-0.25, -0.2) is 14.8 Å². The molecular weight excluding hydrogens is 518 g/mol. The number of nitrogens with zero attached hydrogens (tertiary/aromatic N) is 3. The Morgan fingerprint density at radius 1 is 1.07 bits per heavy atom. The van der Waals surface area contributed by atoms with Crippen LogP contribution < -0.4 is 15.4 Å². The van der Waals surface area contributed by atoms with Crippen molar-refractivity contribution in [1.82, 2.24) is 25.7 Å². The van der Waals surface area contributed by atoms with Gasteiger partial charge in [-0.3, -0.25) is 24.6 Å². The highest BCUT2D eigenvalue weighted by Gasteiger charge is 2.30. The molecule has 0 saturated heterocycles. The van der Waals surface area contributed by atoms with E-state index in [2.05, 4.69) is 20.6 Å². The zero-order valence-corrected chi connectivity index (χ0v) is 23.5. The Kier molecular flexibility index (Phi) is 13.5. The molecule has 1 aromatic heterocycles. The maximum atomic E-state index is 12.9. The fourth-order valence-electron chi connectivity index (χ4n) is 4.23. The Morgan fingerprint density at radius 2 is 1.85 bits per heavy atom.